The number of nitrogens with zero attached hydrogens (tertiary/aromatic N) is 4. The van der Waals surface area contributed by atoms with Gasteiger partial charge in [0, 0.05) is 55.8 Å². The Morgan fingerprint density at radius 1 is 1.09 bits per heavy atom. The van der Waals surface area contributed by atoms with Crippen LogP contribution < -0.4 is 4.74 Å². The molecule has 2 aromatic carbocycles. The van der Waals surface area contributed by atoms with E-state index in [0.29, 0.717) is 5.75 Å². The van der Waals surface area contributed by atoms with Gasteiger partial charge in [-0.3, -0.25) is 14.7 Å². The Morgan fingerprint density at radius 3 is 2.59 bits per heavy atom. The molecule has 0 bridgehead atoms. The molecule has 0 saturated carbocycles. The molecular formula is C26H26FN5O2. The van der Waals surface area contributed by atoms with E-state index in [-0.39, 0.29) is 17.8 Å². The van der Waals surface area contributed by atoms with Gasteiger partial charge in [-0.05, 0) is 36.9 Å². The lowest BCUT2D eigenvalue weighted by Crippen LogP contribution is -2.46. The van der Waals surface area contributed by atoms with E-state index in [0.717, 1.165) is 59.6 Å². The summed E-state index contributed by atoms with van der Waals surface area (Å²) in [5, 5.41) is 0.800. The van der Waals surface area contributed by atoms with Crippen molar-refractivity contribution in [1.82, 2.24) is 24.8 Å². The highest BCUT2D eigenvalue weighted by molar-refractivity contribution is 5.91. The summed E-state index contributed by atoms with van der Waals surface area (Å²) in [6.07, 6.45) is 5.19. The zero-order valence-electron chi connectivity index (χ0n) is 19.2. The molecule has 8 heteroatoms. The average Bonchev–Trinajstić information content (AvgIpc) is 3.23. The highest BCUT2D eigenvalue weighted by atomic mass is 19.1. The van der Waals surface area contributed by atoms with Gasteiger partial charge in [0.05, 0.1) is 29.8 Å². The summed E-state index contributed by atoms with van der Waals surface area (Å²) in [5.41, 5.74) is 4.24. The summed E-state index contributed by atoms with van der Waals surface area (Å²) in [4.78, 5) is 28.8. The summed E-state index contributed by atoms with van der Waals surface area (Å²) in [6.45, 7) is 5.05. The van der Waals surface area contributed by atoms with Gasteiger partial charge in [-0.25, -0.2) is 9.37 Å². The van der Waals surface area contributed by atoms with Gasteiger partial charge in [-0.15, -0.1) is 0 Å². The van der Waals surface area contributed by atoms with E-state index in [1.165, 1.54) is 19.1 Å². The van der Waals surface area contributed by atoms with Gasteiger partial charge in [-0.2, -0.15) is 0 Å². The molecule has 0 spiro atoms. The van der Waals surface area contributed by atoms with Gasteiger partial charge in [0.25, 0.3) is 0 Å². The Bertz CT molecular complexity index is 1310. The van der Waals surface area contributed by atoms with Crippen LogP contribution >= 0.6 is 0 Å². The molecule has 174 valence electrons. The number of rotatable bonds is 5. The number of halogens is 1. The number of H-pyrrole nitrogens is 1. The molecule has 34 heavy (non-hydrogen) atoms. The predicted octanol–water partition coefficient (Wildman–Crippen LogP) is 4.03. The molecule has 1 aliphatic rings. The molecule has 7 nitrogen and oxygen atoms in total. The third-order valence-electron chi connectivity index (χ3n) is 6.22. The van der Waals surface area contributed by atoms with Gasteiger partial charge in [-0.1, -0.05) is 18.2 Å². The monoisotopic (exact) mass is 459 g/mol. The molecule has 2 aromatic heterocycles. The van der Waals surface area contributed by atoms with Gasteiger partial charge in [0.15, 0.2) is 5.75 Å². The summed E-state index contributed by atoms with van der Waals surface area (Å²) in [6, 6.07) is 12.3. The zero-order chi connectivity index (χ0) is 23.7. The standard InChI is InChI=1S/C26H26FN5O2/c1-17(33)34-25-16-29-22-8-5-19(13-21(22)25)23-14-28-15-24(30-23)26(18-3-6-20(27)7-4-18)32-11-9-31(2)10-12-32/h3-8,13-16,26,29H,9-12H2,1-2H3. The quantitative estimate of drug-likeness (QED) is 0.455. The van der Waals surface area contributed by atoms with Crippen LogP contribution in [-0.4, -0.2) is 63.9 Å². The molecule has 0 radical (unpaired) electrons. The van der Waals surface area contributed by atoms with Crippen molar-refractivity contribution in [2.75, 3.05) is 33.2 Å². The fourth-order valence-electron chi connectivity index (χ4n) is 4.44. The first-order chi connectivity index (χ1) is 16.5. The van der Waals surface area contributed by atoms with Crippen molar-refractivity contribution >= 4 is 16.9 Å². The third-order valence-corrected chi connectivity index (χ3v) is 6.22. The number of carbonyl (C=O) groups is 1. The second-order valence-electron chi connectivity index (χ2n) is 8.63. The Balaban J connectivity index is 1.54. The number of likely N-dealkylation sites (N-methyl/N-ethyl adjacent to an activating group) is 1. The number of aromatic nitrogens is 3. The molecule has 1 unspecified atom stereocenters. The number of hydrogen-bond acceptors (Lipinski definition) is 6. The van der Waals surface area contributed by atoms with Crippen molar-refractivity contribution in [3.05, 3.63) is 78.1 Å². The van der Waals surface area contributed by atoms with E-state index < -0.39 is 0 Å². The predicted molar refractivity (Wildman–Crippen MR) is 128 cm³/mol. The zero-order valence-corrected chi connectivity index (χ0v) is 19.2. The molecule has 1 aliphatic heterocycles. The molecule has 3 heterocycles. The van der Waals surface area contributed by atoms with Gasteiger partial charge < -0.3 is 14.6 Å². The number of benzene rings is 2. The molecule has 1 N–H and O–H groups in total. The minimum atomic E-state index is -0.373. The lowest BCUT2D eigenvalue weighted by molar-refractivity contribution is -0.131. The summed E-state index contributed by atoms with van der Waals surface area (Å²) in [7, 11) is 2.12. The fourth-order valence-corrected chi connectivity index (χ4v) is 4.44. The Hall–Kier alpha value is -3.62. The van der Waals surface area contributed by atoms with Crippen LogP contribution in [0.5, 0.6) is 5.75 Å². The number of hydrogen-bond donors (Lipinski definition) is 1. The highest BCUT2D eigenvalue weighted by Crippen LogP contribution is 2.32. The third kappa shape index (κ3) is 4.55. The van der Waals surface area contributed by atoms with Gasteiger partial charge in [0.1, 0.15) is 5.82 Å². The van der Waals surface area contributed by atoms with E-state index in [2.05, 4.69) is 26.8 Å². The second kappa shape index (κ2) is 9.32. The molecule has 5 rings (SSSR count). The molecule has 1 fully saturated rings. The number of ether oxygens (including phenoxy) is 1. The minimum absolute atomic E-state index is 0.130. The summed E-state index contributed by atoms with van der Waals surface area (Å²) < 4.78 is 19.0. The molecule has 0 amide bonds. The van der Waals surface area contributed by atoms with Crippen LogP contribution in [0, 0.1) is 5.82 Å². The lowest BCUT2D eigenvalue weighted by atomic mass is 10.0. The molecule has 1 atom stereocenters. The maximum Gasteiger partial charge on any atom is 0.308 e. The van der Waals surface area contributed by atoms with Crippen molar-refractivity contribution in [2.24, 2.45) is 0 Å². The molecule has 4 aromatic rings. The van der Waals surface area contributed by atoms with Crippen molar-refractivity contribution in [1.29, 1.82) is 0 Å². The molecular weight excluding hydrogens is 433 g/mol. The Labute approximate surface area is 197 Å². The van der Waals surface area contributed by atoms with Gasteiger partial charge in [0.2, 0.25) is 0 Å². The smallest absolute Gasteiger partial charge is 0.308 e. The van der Waals surface area contributed by atoms with Crippen LogP contribution in [-0.2, 0) is 4.79 Å². The lowest BCUT2D eigenvalue weighted by Gasteiger charge is -2.38. The number of aromatic amines is 1. The fraction of sp³-hybridized carbons (Fsp3) is 0.269. The Kier molecular flexibility index (Phi) is 6.08. The van der Waals surface area contributed by atoms with Crippen molar-refractivity contribution in [3.63, 3.8) is 0 Å². The topological polar surface area (TPSA) is 74.4 Å². The first-order valence-corrected chi connectivity index (χ1v) is 11.3. The first kappa shape index (κ1) is 22.2. The number of piperazine rings is 1. The van der Waals surface area contributed by atoms with E-state index in [9.17, 15) is 9.18 Å². The minimum Gasteiger partial charge on any atom is -0.424 e. The van der Waals surface area contributed by atoms with Crippen LogP contribution in [0.15, 0.2) is 61.1 Å². The van der Waals surface area contributed by atoms with Crippen LogP contribution in [0.4, 0.5) is 4.39 Å². The van der Waals surface area contributed by atoms with Crippen LogP contribution in [0.3, 0.4) is 0 Å². The van der Waals surface area contributed by atoms with E-state index in [1.807, 2.05) is 30.3 Å². The molecule has 0 aliphatic carbocycles. The number of esters is 1. The van der Waals surface area contributed by atoms with Crippen molar-refractivity contribution < 1.29 is 13.9 Å². The normalized spacial score (nSPS) is 16.0. The maximum atomic E-state index is 13.7. The van der Waals surface area contributed by atoms with Crippen molar-refractivity contribution in [2.45, 2.75) is 13.0 Å². The average molecular weight is 460 g/mol. The summed E-state index contributed by atoms with van der Waals surface area (Å²) >= 11 is 0. The SMILES string of the molecule is CC(=O)Oc1c[nH]c2ccc(-c3cncc(C(c4ccc(F)cc4)N4CCN(C)CC4)n3)cc12. The van der Waals surface area contributed by atoms with Crippen LogP contribution in [0.2, 0.25) is 0 Å². The van der Waals surface area contributed by atoms with Crippen LogP contribution in [0.25, 0.3) is 22.2 Å². The van der Waals surface area contributed by atoms with Crippen LogP contribution in [0.1, 0.15) is 24.2 Å². The van der Waals surface area contributed by atoms with Crippen molar-refractivity contribution in [3.8, 4) is 17.0 Å². The largest absolute Gasteiger partial charge is 0.424 e. The maximum absolute atomic E-state index is 13.7. The first-order valence-electron chi connectivity index (χ1n) is 11.3. The highest BCUT2D eigenvalue weighted by Gasteiger charge is 2.27. The number of nitrogens with one attached hydrogen (secondary N) is 1. The van der Waals surface area contributed by atoms with E-state index in [4.69, 9.17) is 9.72 Å². The number of carbonyl (C=O) groups excluding carboxylic acids is 1. The number of fused-ring (bicyclic) bond motifs is 1. The van der Waals surface area contributed by atoms with E-state index >= 15 is 0 Å². The van der Waals surface area contributed by atoms with Gasteiger partial charge >= 0.3 is 5.97 Å². The summed E-state index contributed by atoms with van der Waals surface area (Å²) in [5.74, 6) is -0.151. The Morgan fingerprint density at radius 2 is 1.85 bits per heavy atom. The van der Waals surface area contributed by atoms with E-state index in [1.54, 1.807) is 18.6 Å². The second-order valence-corrected chi connectivity index (χ2v) is 8.63. The molecule has 1 saturated heterocycles.